The zero-order valence-corrected chi connectivity index (χ0v) is 17.8. The van der Waals surface area contributed by atoms with Crippen LogP contribution in [0.2, 0.25) is 0 Å². The molecule has 0 bridgehead atoms. The number of hydrogen-bond donors (Lipinski definition) is 1. The van der Waals surface area contributed by atoms with Gasteiger partial charge in [-0.1, -0.05) is 91.0 Å². The fourth-order valence-electron chi connectivity index (χ4n) is 4.22. The summed E-state index contributed by atoms with van der Waals surface area (Å²) >= 11 is 0. The smallest absolute Gasteiger partial charge is 0.329 e. The summed E-state index contributed by atoms with van der Waals surface area (Å²) in [6.07, 6.45) is 1.19. The highest BCUT2D eigenvalue weighted by molar-refractivity contribution is 5.92. The van der Waals surface area contributed by atoms with Crippen molar-refractivity contribution in [2.24, 2.45) is 0 Å². The number of nitrogens with zero attached hydrogens (tertiary/aromatic N) is 1. The maximum Gasteiger partial charge on any atom is 0.329 e. The molecule has 3 aromatic carbocycles. The first-order chi connectivity index (χ1) is 15.6. The summed E-state index contributed by atoms with van der Waals surface area (Å²) in [7, 11) is 0. The zero-order chi connectivity index (χ0) is 22.3. The SMILES string of the molecule is O=C(O)C1C(OCCCc2ccccc2)CN1C(=O)C(c1ccccc1)c1ccccc1. The summed E-state index contributed by atoms with van der Waals surface area (Å²) < 4.78 is 5.87. The van der Waals surface area contributed by atoms with Gasteiger partial charge in [0.25, 0.3) is 0 Å². The summed E-state index contributed by atoms with van der Waals surface area (Å²) in [6.45, 7) is 0.753. The first-order valence-electron chi connectivity index (χ1n) is 10.9. The van der Waals surface area contributed by atoms with Crippen LogP contribution in [0, 0.1) is 0 Å². The monoisotopic (exact) mass is 429 g/mol. The number of benzene rings is 3. The van der Waals surface area contributed by atoms with Gasteiger partial charge in [0, 0.05) is 6.61 Å². The van der Waals surface area contributed by atoms with Crippen molar-refractivity contribution in [1.82, 2.24) is 4.90 Å². The average molecular weight is 430 g/mol. The normalized spacial score (nSPS) is 17.7. The summed E-state index contributed by atoms with van der Waals surface area (Å²) in [4.78, 5) is 26.9. The Bertz CT molecular complexity index is 984. The number of carbonyl (C=O) groups excluding carboxylic acids is 1. The van der Waals surface area contributed by atoms with Crippen molar-refractivity contribution in [3.05, 3.63) is 108 Å². The number of ether oxygens (including phenoxy) is 1. The molecule has 2 unspecified atom stereocenters. The highest BCUT2D eigenvalue weighted by Gasteiger charge is 2.49. The number of rotatable bonds is 9. The Balaban J connectivity index is 1.42. The van der Waals surface area contributed by atoms with Crippen molar-refractivity contribution in [1.29, 1.82) is 0 Å². The van der Waals surface area contributed by atoms with Gasteiger partial charge >= 0.3 is 5.97 Å². The number of carboxylic acids is 1. The molecule has 0 radical (unpaired) electrons. The first kappa shape index (κ1) is 21.8. The van der Waals surface area contributed by atoms with Crippen LogP contribution < -0.4 is 0 Å². The van der Waals surface area contributed by atoms with Crippen LogP contribution in [0.15, 0.2) is 91.0 Å². The molecule has 1 saturated heterocycles. The van der Waals surface area contributed by atoms with Gasteiger partial charge in [-0.05, 0) is 29.5 Å². The van der Waals surface area contributed by atoms with Crippen molar-refractivity contribution in [2.75, 3.05) is 13.2 Å². The largest absolute Gasteiger partial charge is 0.480 e. The molecule has 0 saturated carbocycles. The second-order valence-electron chi connectivity index (χ2n) is 8.03. The van der Waals surface area contributed by atoms with Crippen LogP contribution in [0.25, 0.3) is 0 Å². The number of carboxylic acid groups (broad SMARTS) is 1. The van der Waals surface area contributed by atoms with Gasteiger partial charge in [-0.2, -0.15) is 0 Å². The van der Waals surface area contributed by atoms with Gasteiger partial charge in [-0.15, -0.1) is 0 Å². The quantitative estimate of drug-likeness (QED) is 0.520. The molecule has 32 heavy (non-hydrogen) atoms. The molecular formula is C27H27NO4. The van der Waals surface area contributed by atoms with E-state index in [1.54, 1.807) is 0 Å². The van der Waals surface area contributed by atoms with Gasteiger partial charge in [-0.3, -0.25) is 4.79 Å². The van der Waals surface area contributed by atoms with Crippen LogP contribution in [0.5, 0.6) is 0 Å². The first-order valence-corrected chi connectivity index (χ1v) is 10.9. The van der Waals surface area contributed by atoms with Crippen LogP contribution in [-0.2, 0) is 20.7 Å². The lowest BCUT2D eigenvalue weighted by Gasteiger charge is -2.46. The van der Waals surface area contributed by atoms with E-state index in [-0.39, 0.29) is 12.5 Å². The van der Waals surface area contributed by atoms with E-state index in [0.29, 0.717) is 6.61 Å². The number of carbonyl (C=O) groups is 2. The molecule has 0 aromatic heterocycles. The fraction of sp³-hybridized carbons (Fsp3) is 0.259. The molecule has 5 heteroatoms. The van der Waals surface area contributed by atoms with E-state index in [1.165, 1.54) is 10.5 Å². The Morgan fingerprint density at radius 2 is 1.41 bits per heavy atom. The van der Waals surface area contributed by atoms with Crippen LogP contribution in [0.4, 0.5) is 0 Å². The third kappa shape index (κ3) is 4.89. The predicted molar refractivity (Wildman–Crippen MR) is 122 cm³/mol. The Labute approximate surface area is 188 Å². The number of likely N-dealkylation sites (tertiary alicyclic amines) is 1. The maximum absolute atomic E-state index is 13.5. The predicted octanol–water partition coefficient (Wildman–Crippen LogP) is 4.13. The standard InChI is InChI=1S/C27H27NO4/c29-26(24(21-14-6-2-7-15-21)22-16-8-3-9-17-22)28-19-23(25(28)27(30)31)32-18-10-13-20-11-4-1-5-12-20/h1-9,11-12,14-17,23-25H,10,13,18-19H2,(H,30,31). The Kier molecular flexibility index (Phi) is 6.97. The van der Waals surface area contributed by atoms with Gasteiger partial charge in [-0.25, -0.2) is 4.79 Å². The number of aliphatic carboxylic acids is 1. The van der Waals surface area contributed by atoms with E-state index < -0.39 is 24.0 Å². The second-order valence-corrected chi connectivity index (χ2v) is 8.03. The molecule has 1 amide bonds. The molecule has 5 nitrogen and oxygen atoms in total. The third-order valence-electron chi connectivity index (χ3n) is 5.90. The van der Waals surface area contributed by atoms with Crippen molar-refractivity contribution in [2.45, 2.75) is 30.9 Å². The average Bonchev–Trinajstić information content (AvgIpc) is 2.80. The Hall–Kier alpha value is -3.44. The lowest BCUT2D eigenvalue weighted by atomic mass is 9.87. The van der Waals surface area contributed by atoms with Gasteiger partial charge in [0.05, 0.1) is 12.5 Å². The van der Waals surface area contributed by atoms with Crippen molar-refractivity contribution >= 4 is 11.9 Å². The zero-order valence-electron chi connectivity index (χ0n) is 17.8. The molecule has 1 fully saturated rings. The minimum Gasteiger partial charge on any atom is -0.480 e. The topological polar surface area (TPSA) is 66.8 Å². The Morgan fingerprint density at radius 1 is 0.875 bits per heavy atom. The summed E-state index contributed by atoms with van der Waals surface area (Å²) in [5.41, 5.74) is 2.92. The van der Waals surface area contributed by atoms with E-state index in [0.717, 1.165) is 24.0 Å². The van der Waals surface area contributed by atoms with E-state index >= 15 is 0 Å². The summed E-state index contributed by atoms with van der Waals surface area (Å²) in [6, 6.07) is 28.1. The molecule has 164 valence electrons. The van der Waals surface area contributed by atoms with Crippen LogP contribution in [0.3, 0.4) is 0 Å². The van der Waals surface area contributed by atoms with Crippen molar-refractivity contribution < 1.29 is 19.4 Å². The molecule has 4 rings (SSSR count). The highest BCUT2D eigenvalue weighted by Crippen LogP contribution is 2.32. The van der Waals surface area contributed by atoms with E-state index in [1.807, 2.05) is 78.9 Å². The number of aryl methyl sites for hydroxylation is 1. The second kappa shape index (κ2) is 10.2. The molecule has 3 aromatic rings. The maximum atomic E-state index is 13.5. The Morgan fingerprint density at radius 3 is 1.94 bits per heavy atom. The molecular weight excluding hydrogens is 402 g/mol. The minimum absolute atomic E-state index is 0.209. The van der Waals surface area contributed by atoms with Crippen molar-refractivity contribution in [3.8, 4) is 0 Å². The van der Waals surface area contributed by atoms with Gasteiger partial charge in [0.15, 0.2) is 6.04 Å². The lowest BCUT2D eigenvalue weighted by Crippen LogP contribution is -2.67. The number of hydrogen-bond acceptors (Lipinski definition) is 3. The molecule has 2 atom stereocenters. The van der Waals surface area contributed by atoms with Gasteiger partial charge < -0.3 is 14.7 Å². The molecule has 1 N–H and O–H groups in total. The third-order valence-corrected chi connectivity index (χ3v) is 5.90. The van der Waals surface area contributed by atoms with E-state index in [2.05, 4.69) is 12.1 Å². The summed E-state index contributed by atoms with van der Waals surface area (Å²) in [5, 5.41) is 9.81. The summed E-state index contributed by atoms with van der Waals surface area (Å²) in [5.74, 6) is -1.78. The minimum atomic E-state index is -1.03. The highest BCUT2D eigenvalue weighted by atomic mass is 16.5. The molecule has 0 spiro atoms. The van der Waals surface area contributed by atoms with Crippen LogP contribution in [0.1, 0.15) is 29.0 Å². The fourth-order valence-corrected chi connectivity index (χ4v) is 4.22. The van der Waals surface area contributed by atoms with Gasteiger partial charge in [0.2, 0.25) is 5.91 Å². The molecule has 1 aliphatic rings. The van der Waals surface area contributed by atoms with E-state index in [4.69, 9.17) is 4.74 Å². The van der Waals surface area contributed by atoms with Crippen LogP contribution >= 0.6 is 0 Å². The lowest BCUT2D eigenvalue weighted by molar-refractivity contribution is -0.177. The van der Waals surface area contributed by atoms with Gasteiger partial charge in [0.1, 0.15) is 6.10 Å². The van der Waals surface area contributed by atoms with E-state index in [9.17, 15) is 14.7 Å². The molecule has 1 heterocycles. The molecule has 1 aliphatic heterocycles. The van der Waals surface area contributed by atoms with Crippen LogP contribution in [-0.4, -0.2) is 47.2 Å². The number of amides is 1. The van der Waals surface area contributed by atoms with Crippen molar-refractivity contribution in [3.63, 3.8) is 0 Å². The molecule has 0 aliphatic carbocycles.